The normalized spacial score (nSPS) is 11.2. The summed E-state index contributed by atoms with van der Waals surface area (Å²) in [6.45, 7) is 0.0803. The van der Waals surface area contributed by atoms with Crippen LogP contribution in [0.15, 0.2) is 48.5 Å². The average molecular weight is 336 g/mol. The standard InChI is InChI=1S/C16H16O6S/c1-23(19,20)22-11-10-21-15-8-6-13(7-9-15)12-2-4-14(5-3-12)16(17)18/h2-9H,10-11H2,1H3,(H,17,18). The highest BCUT2D eigenvalue weighted by atomic mass is 32.2. The van der Waals surface area contributed by atoms with Gasteiger partial charge in [-0.05, 0) is 35.4 Å². The smallest absolute Gasteiger partial charge is 0.335 e. The molecule has 0 saturated carbocycles. The summed E-state index contributed by atoms with van der Waals surface area (Å²) >= 11 is 0. The molecule has 0 spiro atoms. The number of carboxylic acid groups (broad SMARTS) is 1. The van der Waals surface area contributed by atoms with E-state index in [-0.39, 0.29) is 18.8 Å². The summed E-state index contributed by atoms with van der Waals surface area (Å²) in [6.07, 6.45) is 0.984. The summed E-state index contributed by atoms with van der Waals surface area (Å²) in [4.78, 5) is 10.8. The van der Waals surface area contributed by atoms with Crippen LogP contribution < -0.4 is 4.74 Å². The fourth-order valence-corrected chi connectivity index (χ4v) is 2.26. The van der Waals surface area contributed by atoms with Crippen molar-refractivity contribution in [2.75, 3.05) is 19.5 Å². The molecule has 0 aliphatic rings. The van der Waals surface area contributed by atoms with Crippen LogP contribution in [-0.4, -0.2) is 39.0 Å². The van der Waals surface area contributed by atoms with Gasteiger partial charge in [-0.2, -0.15) is 8.42 Å². The quantitative estimate of drug-likeness (QED) is 0.617. The van der Waals surface area contributed by atoms with Gasteiger partial charge in [0.25, 0.3) is 10.1 Å². The molecule has 0 radical (unpaired) electrons. The molecule has 2 aromatic carbocycles. The van der Waals surface area contributed by atoms with Gasteiger partial charge in [-0.3, -0.25) is 4.18 Å². The van der Waals surface area contributed by atoms with Crippen molar-refractivity contribution in [2.45, 2.75) is 0 Å². The SMILES string of the molecule is CS(=O)(=O)OCCOc1ccc(-c2ccc(C(=O)O)cc2)cc1. The Labute approximate surface area is 134 Å². The maximum absolute atomic E-state index is 10.8. The van der Waals surface area contributed by atoms with Gasteiger partial charge in [-0.25, -0.2) is 4.79 Å². The monoisotopic (exact) mass is 336 g/mol. The van der Waals surface area contributed by atoms with Crippen LogP contribution in [0.1, 0.15) is 10.4 Å². The second kappa shape index (κ2) is 7.26. The Kier molecular flexibility index (Phi) is 5.36. The molecule has 2 aromatic rings. The minimum Gasteiger partial charge on any atom is -0.491 e. The molecule has 1 N–H and O–H groups in total. The molecule has 7 heteroatoms. The Hall–Kier alpha value is -2.38. The van der Waals surface area contributed by atoms with Crippen LogP contribution in [0.2, 0.25) is 0 Å². The van der Waals surface area contributed by atoms with E-state index in [1.165, 1.54) is 0 Å². The van der Waals surface area contributed by atoms with Gasteiger partial charge in [-0.1, -0.05) is 24.3 Å². The minimum atomic E-state index is -3.45. The number of hydrogen-bond donors (Lipinski definition) is 1. The Bertz CT molecular complexity index is 763. The van der Waals surface area contributed by atoms with Crippen molar-refractivity contribution < 1.29 is 27.2 Å². The van der Waals surface area contributed by atoms with E-state index in [1.807, 2.05) is 12.1 Å². The van der Waals surface area contributed by atoms with Gasteiger partial charge in [-0.15, -0.1) is 0 Å². The molecule has 6 nitrogen and oxygen atoms in total. The van der Waals surface area contributed by atoms with Crippen molar-refractivity contribution >= 4 is 16.1 Å². The van der Waals surface area contributed by atoms with Crippen molar-refractivity contribution in [1.82, 2.24) is 0 Å². The lowest BCUT2D eigenvalue weighted by Gasteiger charge is -2.07. The predicted molar refractivity (Wildman–Crippen MR) is 85.1 cm³/mol. The summed E-state index contributed by atoms with van der Waals surface area (Å²) in [5.74, 6) is -0.371. The number of ether oxygens (including phenoxy) is 1. The van der Waals surface area contributed by atoms with Gasteiger partial charge in [0.2, 0.25) is 0 Å². The van der Waals surface area contributed by atoms with Gasteiger partial charge < -0.3 is 9.84 Å². The zero-order chi connectivity index (χ0) is 16.9. The summed E-state index contributed by atoms with van der Waals surface area (Å²) in [5, 5.41) is 8.87. The van der Waals surface area contributed by atoms with Crippen molar-refractivity contribution in [3.8, 4) is 16.9 Å². The first-order valence-electron chi connectivity index (χ1n) is 6.76. The molecule has 0 unspecified atom stereocenters. The summed E-state index contributed by atoms with van der Waals surface area (Å²) in [7, 11) is -3.45. The number of benzene rings is 2. The van der Waals surface area contributed by atoms with Gasteiger partial charge in [0.15, 0.2) is 0 Å². The van der Waals surface area contributed by atoms with Crippen molar-refractivity contribution in [2.24, 2.45) is 0 Å². The Morgan fingerprint density at radius 2 is 1.48 bits per heavy atom. The van der Waals surface area contributed by atoms with Crippen molar-refractivity contribution in [1.29, 1.82) is 0 Å². The molecule has 0 aromatic heterocycles. The van der Waals surface area contributed by atoms with Crippen LogP contribution in [0.4, 0.5) is 0 Å². The van der Waals surface area contributed by atoms with Crippen LogP contribution >= 0.6 is 0 Å². The molecule has 0 heterocycles. The van der Waals surface area contributed by atoms with E-state index < -0.39 is 16.1 Å². The van der Waals surface area contributed by atoms with Crippen molar-refractivity contribution in [3.05, 3.63) is 54.1 Å². The fraction of sp³-hybridized carbons (Fsp3) is 0.188. The van der Waals surface area contributed by atoms with Gasteiger partial charge >= 0.3 is 5.97 Å². The Balaban J connectivity index is 1.95. The third-order valence-electron chi connectivity index (χ3n) is 2.97. The van der Waals surface area contributed by atoms with Crippen LogP contribution in [0, 0.1) is 0 Å². The molecular formula is C16H16O6S. The van der Waals surface area contributed by atoms with Crippen LogP contribution in [0.3, 0.4) is 0 Å². The number of rotatable bonds is 7. The minimum absolute atomic E-state index is 0.0444. The molecule has 0 atom stereocenters. The molecule has 0 saturated heterocycles. The van der Waals surface area contributed by atoms with E-state index in [2.05, 4.69) is 4.18 Å². The lowest BCUT2D eigenvalue weighted by Crippen LogP contribution is -2.11. The molecule has 0 amide bonds. The highest BCUT2D eigenvalue weighted by Gasteiger charge is 2.04. The first-order chi connectivity index (χ1) is 10.8. The van der Waals surface area contributed by atoms with E-state index in [1.54, 1.807) is 36.4 Å². The molecule has 0 aliphatic carbocycles. The van der Waals surface area contributed by atoms with E-state index in [9.17, 15) is 13.2 Å². The highest BCUT2D eigenvalue weighted by Crippen LogP contribution is 2.22. The molecule has 0 bridgehead atoms. The number of aromatic carboxylic acids is 1. The van der Waals surface area contributed by atoms with Crippen LogP contribution in [-0.2, 0) is 14.3 Å². The highest BCUT2D eigenvalue weighted by molar-refractivity contribution is 7.85. The fourth-order valence-electron chi connectivity index (χ4n) is 1.89. The first kappa shape index (κ1) is 17.0. The molecule has 0 fully saturated rings. The second-order valence-electron chi connectivity index (χ2n) is 4.78. The zero-order valence-corrected chi connectivity index (χ0v) is 13.2. The largest absolute Gasteiger partial charge is 0.491 e. The van der Waals surface area contributed by atoms with Crippen LogP contribution in [0.5, 0.6) is 5.75 Å². The molecule has 23 heavy (non-hydrogen) atoms. The number of hydrogen-bond acceptors (Lipinski definition) is 5. The lowest BCUT2D eigenvalue weighted by molar-refractivity contribution is 0.0697. The third-order valence-corrected chi connectivity index (χ3v) is 3.56. The maximum Gasteiger partial charge on any atom is 0.335 e. The van der Waals surface area contributed by atoms with E-state index >= 15 is 0 Å². The van der Waals surface area contributed by atoms with Gasteiger partial charge in [0, 0.05) is 0 Å². The zero-order valence-electron chi connectivity index (χ0n) is 12.4. The molecular weight excluding hydrogens is 320 g/mol. The molecule has 2 rings (SSSR count). The summed E-state index contributed by atoms with van der Waals surface area (Å²) in [5.41, 5.74) is 2.04. The van der Waals surface area contributed by atoms with E-state index in [0.29, 0.717) is 5.75 Å². The molecule has 122 valence electrons. The number of carboxylic acids is 1. The lowest BCUT2D eigenvalue weighted by atomic mass is 10.0. The predicted octanol–water partition coefficient (Wildman–Crippen LogP) is 2.41. The van der Waals surface area contributed by atoms with Gasteiger partial charge in [0.05, 0.1) is 11.8 Å². The van der Waals surface area contributed by atoms with Crippen molar-refractivity contribution in [3.63, 3.8) is 0 Å². The third kappa shape index (κ3) is 5.39. The van der Waals surface area contributed by atoms with Crippen LogP contribution in [0.25, 0.3) is 11.1 Å². The van der Waals surface area contributed by atoms with Gasteiger partial charge in [0.1, 0.15) is 19.0 Å². The summed E-state index contributed by atoms with van der Waals surface area (Å²) in [6, 6.07) is 13.7. The summed E-state index contributed by atoms with van der Waals surface area (Å²) < 4.78 is 31.5. The first-order valence-corrected chi connectivity index (χ1v) is 8.58. The Morgan fingerprint density at radius 1 is 0.957 bits per heavy atom. The van der Waals surface area contributed by atoms with E-state index in [4.69, 9.17) is 9.84 Å². The van der Waals surface area contributed by atoms with E-state index in [0.717, 1.165) is 17.4 Å². The number of carbonyl (C=O) groups is 1. The second-order valence-corrected chi connectivity index (χ2v) is 6.43. The molecule has 0 aliphatic heterocycles. The average Bonchev–Trinajstić information content (AvgIpc) is 2.51. The topological polar surface area (TPSA) is 89.9 Å². The maximum atomic E-state index is 10.8. The Morgan fingerprint density at radius 3 is 1.96 bits per heavy atom.